The molecule has 5 unspecified atom stereocenters. The Morgan fingerprint density at radius 1 is 1.13 bits per heavy atom. The molecule has 0 aromatic heterocycles. The standard InChI is InChI=1S/C14H23N3O6/c1-5(11(16)19)14(6(2)12(17)20)10(7(3)18)8(15)4-9(23-14)13(21)22/h5-6,8-10H,4,15H2,1-3H3,(H2,16,19)(H2,17,20)(H,21,22). The van der Waals surface area contributed by atoms with Crippen molar-refractivity contribution in [3.8, 4) is 0 Å². The van der Waals surface area contributed by atoms with Crippen molar-refractivity contribution in [3.05, 3.63) is 0 Å². The molecule has 1 rings (SSSR count). The van der Waals surface area contributed by atoms with E-state index in [1.54, 1.807) is 0 Å². The number of nitrogens with two attached hydrogens (primary N) is 3. The topological polar surface area (TPSA) is 176 Å². The third kappa shape index (κ3) is 3.20. The van der Waals surface area contributed by atoms with Crippen molar-refractivity contribution in [2.24, 2.45) is 35.0 Å². The molecule has 1 fully saturated rings. The summed E-state index contributed by atoms with van der Waals surface area (Å²) in [6.07, 6.45) is -1.50. The van der Waals surface area contributed by atoms with Crippen LogP contribution in [0.15, 0.2) is 0 Å². The first-order chi connectivity index (χ1) is 10.5. The summed E-state index contributed by atoms with van der Waals surface area (Å²) in [4.78, 5) is 47.0. The molecule has 0 bridgehead atoms. The Morgan fingerprint density at radius 3 is 1.87 bits per heavy atom. The van der Waals surface area contributed by atoms with Crippen LogP contribution in [0.3, 0.4) is 0 Å². The fraction of sp³-hybridized carbons (Fsp3) is 0.714. The maximum absolute atomic E-state index is 12.1. The zero-order valence-electron chi connectivity index (χ0n) is 13.3. The van der Waals surface area contributed by atoms with Gasteiger partial charge in [-0.1, -0.05) is 13.8 Å². The van der Waals surface area contributed by atoms with Gasteiger partial charge in [0.05, 0.1) is 17.8 Å². The summed E-state index contributed by atoms with van der Waals surface area (Å²) < 4.78 is 5.62. The number of ether oxygens (including phenoxy) is 1. The van der Waals surface area contributed by atoms with Crippen LogP contribution in [-0.2, 0) is 23.9 Å². The van der Waals surface area contributed by atoms with Crippen LogP contribution < -0.4 is 17.2 Å². The van der Waals surface area contributed by atoms with Crippen LogP contribution in [0.2, 0.25) is 0 Å². The highest BCUT2D eigenvalue weighted by atomic mass is 16.5. The van der Waals surface area contributed by atoms with Crippen molar-refractivity contribution >= 4 is 23.6 Å². The Kier molecular flexibility index (Phi) is 5.49. The zero-order chi connectivity index (χ0) is 18.1. The SMILES string of the molecule is CC(=O)C1C(N)CC(C(=O)O)OC1(C(C)C(N)=O)C(C)C(N)=O. The highest BCUT2D eigenvalue weighted by Crippen LogP contribution is 2.45. The molecule has 9 nitrogen and oxygen atoms in total. The lowest BCUT2D eigenvalue weighted by Gasteiger charge is -2.52. The van der Waals surface area contributed by atoms with Crippen molar-refractivity contribution < 1.29 is 29.0 Å². The quantitative estimate of drug-likeness (QED) is 0.452. The molecule has 5 atom stereocenters. The van der Waals surface area contributed by atoms with Crippen molar-refractivity contribution in [2.45, 2.75) is 44.9 Å². The van der Waals surface area contributed by atoms with Gasteiger partial charge in [0, 0.05) is 12.5 Å². The molecule has 1 saturated heterocycles. The van der Waals surface area contributed by atoms with E-state index in [1.165, 1.54) is 20.8 Å². The molecule has 7 N–H and O–H groups in total. The van der Waals surface area contributed by atoms with Gasteiger partial charge in [-0.2, -0.15) is 0 Å². The average molecular weight is 329 g/mol. The number of aliphatic carboxylic acids is 1. The fourth-order valence-electron chi connectivity index (χ4n) is 3.42. The van der Waals surface area contributed by atoms with E-state index in [-0.39, 0.29) is 6.42 Å². The van der Waals surface area contributed by atoms with Crippen LogP contribution >= 0.6 is 0 Å². The molecular formula is C14H23N3O6. The van der Waals surface area contributed by atoms with E-state index in [4.69, 9.17) is 21.9 Å². The third-order valence-corrected chi connectivity index (χ3v) is 4.67. The van der Waals surface area contributed by atoms with Gasteiger partial charge < -0.3 is 27.0 Å². The fourth-order valence-corrected chi connectivity index (χ4v) is 3.42. The van der Waals surface area contributed by atoms with Crippen molar-refractivity contribution in [1.82, 2.24) is 0 Å². The molecule has 9 heteroatoms. The van der Waals surface area contributed by atoms with Crippen LogP contribution in [0, 0.1) is 17.8 Å². The smallest absolute Gasteiger partial charge is 0.332 e. The van der Waals surface area contributed by atoms with Crippen molar-refractivity contribution in [1.29, 1.82) is 0 Å². The predicted molar refractivity (Wildman–Crippen MR) is 78.7 cm³/mol. The Balaban J connectivity index is 3.60. The predicted octanol–water partition coefficient (Wildman–Crippen LogP) is -1.63. The second-order valence-corrected chi connectivity index (χ2v) is 6.03. The third-order valence-electron chi connectivity index (χ3n) is 4.67. The Bertz CT molecular complexity index is 515. The summed E-state index contributed by atoms with van der Waals surface area (Å²) in [5.74, 6) is -6.80. The molecule has 1 aliphatic rings. The molecule has 0 aromatic carbocycles. The van der Waals surface area contributed by atoms with E-state index >= 15 is 0 Å². The largest absolute Gasteiger partial charge is 0.479 e. The summed E-state index contributed by atoms with van der Waals surface area (Å²) in [5, 5.41) is 9.26. The van der Waals surface area contributed by atoms with Gasteiger partial charge in [0.2, 0.25) is 11.8 Å². The summed E-state index contributed by atoms with van der Waals surface area (Å²) in [6.45, 7) is 3.98. The summed E-state index contributed by atoms with van der Waals surface area (Å²) in [5.41, 5.74) is 14.9. The first kappa shape index (κ1) is 19.0. The molecular weight excluding hydrogens is 306 g/mol. The zero-order valence-corrected chi connectivity index (χ0v) is 13.3. The van der Waals surface area contributed by atoms with E-state index in [1.807, 2.05) is 0 Å². The van der Waals surface area contributed by atoms with Gasteiger partial charge in [-0.15, -0.1) is 0 Å². The number of rotatable bonds is 6. The van der Waals surface area contributed by atoms with Gasteiger partial charge >= 0.3 is 5.97 Å². The highest BCUT2D eigenvalue weighted by molar-refractivity contribution is 5.88. The van der Waals surface area contributed by atoms with E-state index in [0.717, 1.165) is 0 Å². The Labute approximate surface area is 133 Å². The molecule has 23 heavy (non-hydrogen) atoms. The number of ketones is 1. The van der Waals surface area contributed by atoms with Crippen LogP contribution in [0.4, 0.5) is 0 Å². The number of carbonyl (C=O) groups is 4. The molecule has 2 amide bonds. The highest BCUT2D eigenvalue weighted by Gasteiger charge is 2.60. The normalized spacial score (nSPS) is 33.5. The first-order valence-electron chi connectivity index (χ1n) is 7.22. The number of hydrogen-bond acceptors (Lipinski definition) is 6. The number of carboxylic acid groups (broad SMARTS) is 1. The maximum atomic E-state index is 12.1. The minimum atomic E-state index is -1.80. The van der Waals surface area contributed by atoms with E-state index in [2.05, 4.69) is 0 Å². The van der Waals surface area contributed by atoms with Crippen LogP contribution in [0.1, 0.15) is 27.2 Å². The number of primary amides is 2. The lowest BCUT2D eigenvalue weighted by molar-refractivity contribution is -0.222. The molecule has 0 saturated carbocycles. The molecule has 0 radical (unpaired) electrons. The molecule has 0 spiro atoms. The first-order valence-corrected chi connectivity index (χ1v) is 7.22. The van der Waals surface area contributed by atoms with Gasteiger partial charge in [0.25, 0.3) is 0 Å². The van der Waals surface area contributed by atoms with Crippen molar-refractivity contribution in [3.63, 3.8) is 0 Å². The van der Waals surface area contributed by atoms with E-state index < -0.39 is 59.1 Å². The monoisotopic (exact) mass is 329 g/mol. The minimum Gasteiger partial charge on any atom is -0.479 e. The van der Waals surface area contributed by atoms with E-state index in [9.17, 15) is 24.3 Å². The Hall–Kier alpha value is -2.00. The summed E-state index contributed by atoms with van der Waals surface area (Å²) in [6, 6.07) is -0.911. The molecule has 1 aliphatic heterocycles. The number of amides is 2. The van der Waals surface area contributed by atoms with Gasteiger partial charge in [-0.3, -0.25) is 14.4 Å². The summed E-state index contributed by atoms with van der Waals surface area (Å²) >= 11 is 0. The van der Waals surface area contributed by atoms with Crippen molar-refractivity contribution in [2.75, 3.05) is 0 Å². The molecule has 0 aliphatic carbocycles. The van der Waals surface area contributed by atoms with E-state index in [0.29, 0.717) is 0 Å². The van der Waals surface area contributed by atoms with Crippen LogP contribution in [0.25, 0.3) is 0 Å². The number of carbonyl (C=O) groups excluding carboxylic acids is 3. The molecule has 130 valence electrons. The lowest BCUT2D eigenvalue weighted by Crippen LogP contribution is -2.69. The maximum Gasteiger partial charge on any atom is 0.332 e. The van der Waals surface area contributed by atoms with Gasteiger partial charge in [0.15, 0.2) is 6.10 Å². The summed E-state index contributed by atoms with van der Waals surface area (Å²) in [7, 11) is 0. The van der Waals surface area contributed by atoms with Gasteiger partial charge in [0.1, 0.15) is 11.4 Å². The average Bonchev–Trinajstić information content (AvgIpc) is 2.43. The van der Waals surface area contributed by atoms with Crippen LogP contribution in [0.5, 0.6) is 0 Å². The second-order valence-electron chi connectivity index (χ2n) is 6.03. The number of carboxylic acids is 1. The minimum absolute atomic E-state index is 0.127. The van der Waals surface area contributed by atoms with Gasteiger partial charge in [-0.05, 0) is 6.92 Å². The number of Topliss-reactive ketones (excluding diaryl/α,β-unsaturated/α-hetero) is 1. The molecule has 1 heterocycles. The number of hydrogen-bond donors (Lipinski definition) is 4. The second kappa shape index (κ2) is 6.63. The van der Waals surface area contributed by atoms with Gasteiger partial charge in [-0.25, -0.2) is 4.79 Å². The lowest BCUT2D eigenvalue weighted by atomic mass is 9.63. The Morgan fingerprint density at radius 2 is 1.57 bits per heavy atom. The van der Waals surface area contributed by atoms with Crippen LogP contribution in [-0.4, -0.2) is 46.4 Å². The molecule has 0 aromatic rings.